The summed E-state index contributed by atoms with van der Waals surface area (Å²) in [6, 6.07) is 22.4. The SMILES string of the molecule is Cc1cc(N(C)C)cc(C)c1OCC(=O)N[C@@H](Cc1ccccc1)C[C@H](O)[C@H](Cc1ccccc1)NC(=O)O[C@H]1CO[C@H]2OCC[C@H]21. The maximum Gasteiger partial charge on any atom is 0.407 e. The predicted octanol–water partition coefficient (Wildman–Crippen LogP) is 4.33. The highest BCUT2D eigenvalue weighted by atomic mass is 16.7. The van der Waals surface area contributed by atoms with Gasteiger partial charge >= 0.3 is 6.09 Å². The Labute approximate surface area is 277 Å². The first-order chi connectivity index (χ1) is 22.7. The Hall–Kier alpha value is -4.12. The topological polar surface area (TPSA) is 119 Å². The summed E-state index contributed by atoms with van der Waals surface area (Å²) in [4.78, 5) is 28.5. The molecule has 10 nitrogen and oxygen atoms in total. The number of hydrogen-bond acceptors (Lipinski definition) is 8. The molecule has 2 amide bonds. The molecule has 6 atom stereocenters. The lowest BCUT2D eigenvalue weighted by Gasteiger charge is -2.29. The number of aliphatic hydroxyl groups is 1. The maximum absolute atomic E-state index is 13.3. The van der Waals surface area contributed by atoms with E-state index in [0.29, 0.717) is 25.2 Å². The van der Waals surface area contributed by atoms with Crippen LogP contribution in [0.5, 0.6) is 5.75 Å². The van der Waals surface area contributed by atoms with Crippen LogP contribution >= 0.6 is 0 Å². The molecule has 2 aliphatic heterocycles. The average Bonchev–Trinajstić information content (AvgIpc) is 3.66. The Kier molecular flexibility index (Phi) is 11.7. The van der Waals surface area contributed by atoms with E-state index in [4.69, 9.17) is 18.9 Å². The number of amides is 2. The van der Waals surface area contributed by atoms with Gasteiger partial charge in [0.25, 0.3) is 5.91 Å². The standard InChI is InChI=1S/C37H47N3O7/c1-24-17-29(40(3)4)18-25(2)35(24)45-23-34(42)38-28(19-26-11-7-5-8-12-26)21-32(41)31(20-27-13-9-6-10-14-27)39-37(43)47-33-22-46-36-30(33)15-16-44-36/h5-14,17-18,28,30-33,36,41H,15-16,19-23H2,1-4H3,(H,38,42)(H,39,43)/t28-,30-,31-,32-,33-,36+/m0/s1. The first kappa shape index (κ1) is 34.2. The molecule has 3 aromatic carbocycles. The molecule has 3 aromatic rings. The van der Waals surface area contributed by atoms with Crippen LogP contribution in [0.15, 0.2) is 72.8 Å². The molecular weight excluding hydrogens is 598 g/mol. The second kappa shape index (κ2) is 16.1. The normalized spacial score (nSPS) is 20.5. The van der Waals surface area contributed by atoms with Crippen LogP contribution in [-0.2, 0) is 31.8 Å². The first-order valence-electron chi connectivity index (χ1n) is 16.3. The molecule has 252 valence electrons. The Bertz CT molecular complexity index is 1450. The molecule has 0 radical (unpaired) electrons. The molecule has 47 heavy (non-hydrogen) atoms. The molecule has 2 aliphatic rings. The number of aryl methyl sites for hydroxylation is 2. The van der Waals surface area contributed by atoms with Crippen molar-refractivity contribution in [3.8, 4) is 5.75 Å². The van der Waals surface area contributed by atoms with E-state index in [1.165, 1.54) is 0 Å². The number of benzene rings is 3. The summed E-state index contributed by atoms with van der Waals surface area (Å²) in [7, 11) is 3.97. The highest BCUT2D eigenvalue weighted by Gasteiger charge is 2.44. The number of carbonyl (C=O) groups excluding carboxylic acids is 2. The number of aliphatic hydroxyl groups excluding tert-OH is 1. The summed E-state index contributed by atoms with van der Waals surface area (Å²) >= 11 is 0. The number of hydrogen-bond donors (Lipinski definition) is 3. The predicted molar refractivity (Wildman–Crippen MR) is 180 cm³/mol. The van der Waals surface area contributed by atoms with E-state index in [9.17, 15) is 14.7 Å². The molecular formula is C37H47N3O7. The monoisotopic (exact) mass is 645 g/mol. The smallest absolute Gasteiger partial charge is 0.407 e. The summed E-state index contributed by atoms with van der Waals surface area (Å²) < 4.78 is 23.0. The zero-order valence-electron chi connectivity index (χ0n) is 27.7. The van der Waals surface area contributed by atoms with Crippen molar-refractivity contribution in [1.29, 1.82) is 0 Å². The molecule has 2 heterocycles. The third kappa shape index (κ3) is 9.47. The van der Waals surface area contributed by atoms with Crippen LogP contribution in [0.2, 0.25) is 0 Å². The van der Waals surface area contributed by atoms with Crippen LogP contribution in [0, 0.1) is 19.8 Å². The number of nitrogens with zero attached hydrogens (tertiary/aromatic N) is 1. The molecule has 0 aliphatic carbocycles. The zero-order chi connectivity index (χ0) is 33.3. The largest absolute Gasteiger partial charge is 0.483 e. The molecule has 0 aromatic heterocycles. The number of alkyl carbamates (subject to hydrolysis) is 1. The van der Waals surface area contributed by atoms with Crippen molar-refractivity contribution < 1.29 is 33.6 Å². The average molecular weight is 646 g/mol. The number of carbonyl (C=O) groups is 2. The summed E-state index contributed by atoms with van der Waals surface area (Å²) in [6.07, 6.45) is -0.530. The summed E-state index contributed by atoms with van der Waals surface area (Å²) in [5.74, 6) is 0.388. The van der Waals surface area contributed by atoms with Crippen molar-refractivity contribution in [3.05, 3.63) is 95.1 Å². The van der Waals surface area contributed by atoms with Crippen molar-refractivity contribution in [3.63, 3.8) is 0 Å². The Morgan fingerprint density at radius 1 is 0.936 bits per heavy atom. The van der Waals surface area contributed by atoms with Crippen LogP contribution in [0.4, 0.5) is 10.5 Å². The van der Waals surface area contributed by atoms with Gasteiger partial charge in [0.05, 0.1) is 31.3 Å². The quantitative estimate of drug-likeness (QED) is 0.237. The van der Waals surface area contributed by atoms with Crippen LogP contribution in [0.25, 0.3) is 0 Å². The number of fused-ring (bicyclic) bond motifs is 1. The first-order valence-corrected chi connectivity index (χ1v) is 16.3. The Morgan fingerprint density at radius 2 is 1.57 bits per heavy atom. The molecule has 2 fully saturated rings. The Morgan fingerprint density at radius 3 is 2.21 bits per heavy atom. The van der Waals surface area contributed by atoms with Gasteiger partial charge in [-0.3, -0.25) is 4.79 Å². The van der Waals surface area contributed by atoms with E-state index in [1.54, 1.807) is 0 Å². The van der Waals surface area contributed by atoms with Crippen LogP contribution in [0.3, 0.4) is 0 Å². The van der Waals surface area contributed by atoms with Crippen LogP contribution in [-0.4, -0.2) is 81.6 Å². The second-order valence-electron chi connectivity index (χ2n) is 12.8. The molecule has 0 saturated carbocycles. The van der Waals surface area contributed by atoms with E-state index in [2.05, 4.69) is 10.6 Å². The molecule has 0 spiro atoms. The summed E-state index contributed by atoms with van der Waals surface area (Å²) in [5, 5.41) is 17.6. The number of ether oxygens (including phenoxy) is 4. The van der Waals surface area contributed by atoms with Gasteiger partial charge in [0.1, 0.15) is 11.9 Å². The van der Waals surface area contributed by atoms with Crippen LogP contribution < -0.4 is 20.3 Å². The number of rotatable bonds is 14. The van der Waals surface area contributed by atoms with E-state index in [-0.39, 0.29) is 37.7 Å². The van der Waals surface area contributed by atoms with E-state index in [1.807, 2.05) is 106 Å². The number of nitrogens with one attached hydrogen (secondary N) is 2. The summed E-state index contributed by atoms with van der Waals surface area (Å²) in [5.41, 5.74) is 4.91. The Balaban J connectivity index is 1.26. The van der Waals surface area contributed by atoms with Crippen molar-refractivity contribution in [1.82, 2.24) is 10.6 Å². The van der Waals surface area contributed by atoms with Gasteiger partial charge in [-0.1, -0.05) is 60.7 Å². The van der Waals surface area contributed by atoms with Gasteiger partial charge < -0.3 is 39.6 Å². The molecule has 2 saturated heterocycles. The van der Waals surface area contributed by atoms with E-state index >= 15 is 0 Å². The van der Waals surface area contributed by atoms with Crippen molar-refractivity contribution in [2.45, 2.75) is 70.1 Å². The highest BCUT2D eigenvalue weighted by molar-refractivity contribution is 5.78. The fraction of sp³-hybridized carbons (Fsp3) is 0.459. The van der Waals surface area contributed by atoms with E-state index < -0.39 is 30.4 Å². The highest BCUT2D eigenvalue weighted by Crippen LogP contribution is 2.33. The second-order valence-corrected chi connectivity index (χ2v) is 12.8. The lowest BCUT2D eigenvalue weighted by atomic mass is 9.93. The zero-order valence-corrected chi connectivity index (χ0v) is 27.7. The van der Waals surface area contributed by atoms with Crippen LogP contribution in [0.1, 0.15) is 35.1 Å². The minimum absolute atomic E-state index is 0.00410. The molecule has 5 rings (SSSR count). The minimum atomic E-state index is -0.997. The van der Waals surface area contributed by atoms with Gasteiger partial charge in [-0.2, -0.15) is 0 Å². The van der Waals surface area contributed by atoms with Gasteiger partial charge in [0.2, 0.25) is 0 Å². The molecule has 3 N–H and O–H groups in total. The van der Waals surface area contributed by atoms with Gasteiger partial charge in [0, 0.05) is 25.8 Å². The third-order valence-electron chi connectivity index (χ3n) is 8.83. The van der Waals surface area contributed by atoms with E-state index in [0.717, 1.165) is 34.4 Å². The number of anilines is 1. The van der Waals surface area contributed by atoms with Gasteiger partial charge in [0.15, 0.2) is 12.9 Å². The minimum Gasteiger partial charge on any atom is -0.483 e. The van der Waals surface area contributed by atoms with Gasteiger partial charge in [-0.05, 0) is 73.9 Å². The van der Waals surface area contributed by atoms with Crippen molar-refractivity contribution in [2.24, 2.45) is 5.92 Å². The van der Waals surface area contributed by atoms with Gasteiger partial charge in [-0.15, -0.1) is 0 Å². The molecule has 10 heteroatoms. The molecule has 0 unspecified atom stereocenters. The summed E-state index contributed by atoms with van der Waals surface area (Å²) in [6.45, 7) is 4.62. The maximum atomic E-state index is 13.3. The lowest BCUT2D eigenvalue weighted by Crippen LogP contribution is -2.50. The van der Waals surface area contributed by atoms with Gasteiger partial charge in [-0.25, -0.2) is 4.79 Å². The van der Waals surface area contributed by atoms with Crippen molar-refractivity contribution in [2.75, 3.05) is 38.8 Å². The van der Waals surface area contributed by atoms with Crippen molar-refractivity contribution >= 4 is 17.7 Å². The molecule has 0 bridgehead atoms. The fourth-order valence-corrected chi connectivity index (χ4v) is 6.39. The lowest BCUT2D eigenvalue weighted by molar-refractivity contribution is -0.124. The third-order valence-corrected chi connectivity index (χ3v) is 8.83. The fourth-order valence-electron chi connectivity index (χ4n) is 6.39.